The van der Waals surface area contributed by atoms with E-state index in [1.165, 1.54) is 148 Å². The molecule has 2 N–H and O–H groups in total. The van der Waals surface area contributed by atoms with Crippen LogP contribution in [-0.4, -0.2) is 23.1 Å². The van der Waals surface area contributed by atoms with Gasteiger partial charge < -0.3 is 5.11 Å². The van der Waals surface area contributed by atoms with Crippen molar-refractivity contribution in [3.05, 3.63) is 0 Å². The predicted molar refractivity (Wildman–Crippen MR) is 140 cm³/mol. The lowest BCUT2D eigenvalue weighted by atomic mass is 10.0. The first kappa shape index (κ1) is 31.9. The number of hydrogen-bond acceptors (Lipinski definition) is 3. The van der Waals surface area contributed by atoms with E-state index in [4.69, 9.17) is 5.26 Å². The van der Waals surface area contributed by atoms with Crippen LogP contribution in [0.15, 0.2) is 0 Å². The van der Waals surface area contributed by atoms with E-state index in [1.54, 1.807) is 0 Å². The third kappa shape index (κ3) is 27.9. The highest BCUT2D eigenvalue weighted by Gasteiger charge is 2.04. The number of aliphatic hydroxyl groups is 1. The Kier molecular flexibility index (Phi) is 28.8. The van der Waals surface area contributed by atoms with Crippen LogP contribution >= 0.6 is 0 Å². The molecule has 0 spiro atoms. The molecule has 0 aliphatic heterocycles. The maximum Gasteiger partial charge on any atom is 0.0819 e. The van der Waals surface area contributed by atoms with E-state index in [9.17, 15) is 5.11 Å². The van der Waals surface area contributed by atoms with Crippen molar-refractivity contribution in [2.75, 3.05) is 6.61 Å². The summed E-state index contributed by atoms with van der Waals surface area (Å²) in [6.07, 6.45) is 34.0. The van der Waals surface area contributed by atoms with Crippen LogP contribution in [0.2, 0.25) is 0 Å². The molecule has 0 saturated carbocycles. The quantitative estimate of drug-likeness (QED) is 0.0699. The molecule has 0 aliphatic carbocycles. The zero-order valence-corrected chi connectivity index (χ0v) is 22.0. The fourth-order valence-corrected chi connectivity index (χ4v) is 4.68. The van der Waals surface area contributed by atoms with Crippen LogP contribution in [0.1, 0.15) is 174 Å². The maximum absolute atomic E-state index is 10.2. The lowest BCUT2D eigenvalue weighted by Gasteiger charge is -2.10. The van der Waals surface area contributed by atoms with E-state index in [1.807, 2.05) is 0 Å². The average molecular weight is 457 g/mol. The minimum absolute atomic E-state index is 0.0512. The molecule has 1 atom stereocenters. The first-order valence-corrected chi connectivity index (χ1v) is 14.8. The molecule has 194 valence electrons. The average Bonchev–Trinajstić information content (AvgIpc) is 2.80. The summed E-state index contributed by atoms with van der Waals surface area (Å²) in [4.78, 5) is 4.09. The summed E-state index contributed by atoms with van der Waals surface area (Å²) in [5.41, 5.74) is 0. The Morgan fingerprint density at radius 2 is 0.719 bits per heavy atom. The topological polar surface area (TPSA) is 49.7 Å². The van der Waals surface area contributed by atoms with E-state index < -0.39 is 0 Å². The smallest absolute Gasteiger partial charge is 0.0819 e. The minimum atomic E-state index is -0.0512. The van der Waals surface area contributed by atoms with Gasteiger partial charge in [0.25, 0.3) is 0 Å². The molecule has 0 radical (unpaired) electrons. The van der Waals surface area contributed by atoms with Gasteiger partial charge in [-0.1, -0.05) is 155 Å². The Morgan fingerprint density at radius 1 is 0.438 bits per heavy atom. The van der Waals surface area contributed by atoms with E-state index in [0.717, 1.165) is 19.3 Å². The summed E-state index contributed by atoms with van der Waals surface area (Å²) < 4.78 is 0. The maximum atomic E-state index is 10.2. The zero-order chi connectivity index (χ0) is 23.4. The van der Waals surface area contributed by atoms with Crippen molar-refractivity contribution in [3.8, 4) is 0 Å². The monoisotopic (exact) mass is 456 g/mol. The predicted octanol–water partition coefficient (Wildman–Crippen LogP) is 10.00. The highest BCUT2D eigenvalue weighted by molar-refractivity contribution is 4.58. The summed E-state index contributed by atoms with van der Waals surface area (Å²) in [5, 5.41) is 18.4. The largest absolute Gasteiger partial charge is 0.393 e. The molecule has 0 aromatic carbocycles. The molecule has 0 amide bonds. The number of rotatable bonds is 28. The molecule has 0 aromatic rings. The molecular weight excluding hydrogens is 396 g/mol. The Hall–Kier alpha value is -0.120. The molecular formula is C29H60O3. The summed E-state index contributed by atoms with van der Waals surface area (Å²) in [7, 11) is 0. The minimum Gasteiger partial charge on any atom is -0.393 e. The summed E-state index contributed by atoms with van der Waals surface area (Å²) >= 11 is 0. The van der Waals surface area contributed by atoms with Crippen molar-refractivity contribution in [2.24, 2.45) is 0 Å². The van der Waals surface area contributed by atoms with Crippen molar-refractivity contribution < 1.29 is 15.3 Å². The number of hydrogen-bond donors (Lipinski definition) is 2. The van der Waals surface area contributed by atoms with E-state index >= 15 is 0 Å². The fraction of sp³-hybridized carbons (Fsp3) is 1.00. The van der Waals surface area contributed by atoms with Gasteiger partial charge in [-0.3, -0.25) is 5.26 Å². The lowest BCUT2D eigenvalue weighted by molar-refractivity contribution is -0.242. The molecule has 0 bridgehead atoms. The van der Waals surface area contributed by atoms with Crippen molar-refractivity contribution in [1.29, 1.82) is 0 Å². The van der Waals surface area contributed by atoms with E-state index in [0.29, 0.717) is 6.61 Å². The molecule has 0 aromatic heterocycles. The van der Waals surface area contributed by atoms with E-state index in [-0.39, 0.29) is 6.10 Å². The van der Waals surface area contributed by atoms with Crippen LogP contribution in [0.3, 0.4) is 0 Å². The standard InChI is InChI=1S/C29H60O3/c1-2-3-4-5-6-7-11-14-17-20-23-26-29(30)27-24-21-18-15-12-9-8-10-13-16-19-22-25-28-32-31/h29-31H,2-28H2,1H3. The molecule has 0 saturated heterocycles. The second kappa shape index (κ2) is 28.9. The Labute approximate surface area is 202 Å². The normalized spacial score (nSPS) is 12.5. The van der Waals surface area contributed by atoms with E-state index in [2.05, 4.69) is 11.8 Å². The fourth-order valence-electron chi connectivity index (χ4n) is 4.68. The zero-order valence-electron chi connectivity index (χ0n) is 22.0. The van der Waals surface area contributed by atoms with Gasteiger partial charge in [-0.25, -0.2) is 4.89 Å². The highest BCUT2D eigenvalue weighted by atomic mass is 17.1. The van der Waals surface area contributed by atoms with Gasteiger partial charge in [0.15, 0.2) is 0 Å². The van der Waals surface area contributed by atoms with Crippen molar-refractivity contribution in [2.45, 2.75) is 180 Å². The van der Waals surface area contributed by atoms with Crippen LogP contribution < -0.4 is 0 Å². The molecule has 0 rings (SSSR count). The molecule has 3 heteroatoms. The van der Waals surface area contributed by atoms with Crippen LogP contribution in [0, 0.1) is 0 Å². The molecule has 0 heterocycles. The van der Waals surface area contributed by atoms with Gasteiger partial charge in [-0.05, 0) is 19.3 Å². The second-order valence-electron chi connectivity index (χ2n) is 10.2. The third-order valence-corrected chi connectivity index (χ3v) is 6.91. The van der Waals surface area contributed by atoms with Crippen molar-refractivity contribution >= 4 is 0 Å². The summed E-state index contributed by atoms with van der Waals surface area (Å²) in [5.74, 6) is 0. The van der Waals surface area contributed by atoms with Crippen LogP contribution in [0.25, 0.3) is 0 Å². The van der Waals surface area contributed by atoms with Crippen molar-refractivity contribution in [3.63, 3.8) is 0 Å². The van der Waals surface area contributed by atoms with Crippen LogP contribution in [0.5, 0.6) is 0 Å². The molecule has 0 fully saturated rings. The SMILES string of the molecule is CCCCCCCCCCCCCC(O)CCCCCCCCCCCCCCCOO. The van der Waals surface area contributed by atoms with Crippen molar-refractivity contribution in [1.82, 2.24) is 0 Å². The lowest BCUT2D eigenvalue weighted by Crippen LogP contribution is -2.05. The molecule has 32 heavy (non-hydrogen) atoms. The Bertz CT molecular complexity index is 322. The second-order valence-corrected chi connectivity index (χ2v) is 10.2. The Morgan fingerprint density at radius 3 is 1.03 bits per heavy atom. The van der Waals surface area contributed by atoms with Gasteiger partial charge >= 0.3 is 0 Å². The van der Waals surface area contributed by atoms with Crippen LogP contribution in [-0.2, 0) is 4.89 Å². The van der Waals surface area contributed by atoms with Gasteiger partial charge in [0.1, 0.15) is 0 Å². The molecule has 3 nitrogen and oxygen atoms in total. The first-order valence-electron chi connectivity index (χ1n) is 14.8. The first-order chi connectivity index (χ1) is 15.8. The number of aliphatic hydroxyl groups excluding tert-OH is 1. The number of unbranched alkanes of at least 4 members (excludes halogenated alkanes) is 22. The summed E-state index contributed by atoms with van der Waals surface area (Å²) in [6.45, 7) is 2.77. The van der Waals surface area contributed by atoms with Gasteiger partial charge in [0.05, 0.1) is 12.7 Å². The molecule has 1 unspecified atom stereocenters. The van der Waals surface area contributed by atoms with Crippen LogP contribution in [0.4, 0.5) is 0 Å². The molecule has 0 aliphatic rings. The van der Waals surface area contributed by atoms with Gasteiger partial charge in [0.2, 0.25) is 0 Å². The summed E-state index contributed by atoms with van der Waals surface area (Å²) in [6, 6.07) is 0. The van der Waals surface area contributed by atoms with Gasteiger partial charge in [-0.15, -0.1) is 0 Å². The highest BCUT2D eigenvalue weighted by Crippen LogP contribution is 2.16. The van der Waals surface area contributed by atoms with Gasteiger partial charge in [-0.2, -0.15) is 0 Å². The van der Waals surface area contributed by atoms with Gasteiger partial charge in [0, 0.05) is 0 Å². The Balaban J connectivity index is 3.12. The third-order valence-electron chi connectivity index (χ3n) is 6.91.